The van der Waals surface area contributed by atoms with Crippen LogP contribution in [0.4, 0.5) is 9.18 Å². The molecule has 1 saturated heterocycles. The Morgan fingerprint density at radius 1 is 1.67 bits per heavy atom. The lowest BCUT2D eigenvalue weighted by Crippen LogP contribution is -2.22. The maximum atomic E-state index is 13.5. The third-order valence-electron chi connectivity index (χ3n) is 2.61. The van der Waals surface area contributed by atoms with Crippen molar-refractivity contribution >= 4 is 6.09 Å². The predicted octanol–water partition coefficient (Wildman–Crippen LogP) is 1.37. The molecule has 1 aliphatic heterocycles. The first kappa shape index (κ1) is 12.6. The Kier molecular flexibility index (Phi) is 3.66. The highest BCUT2D eigenvalue weighted by Gasteiger charge is 2.23. The molecule has 2 N–H and O–H groups in total. The highest BCUT2D eigenvalue weighted by Crippen LogP contribution is 2.22. The van der Waals surface area contributed by atoms with Crippen LogP contribution in [0.5, 0.6) is 5.75 Å². The van der Waals surface area contributed by atoms with Gasteiger partial charge >= 0.3 is 6.09 Å². The first-order chi connectivity index (χ1) is 8.56. The van der Waals surface area contributed by atoms with E-state index in [-0.39, 0.29) is 18.3 Å². The van der Waals surface area contributed by atoms with E-state index >= 15 is 0 Å². The predicted molar refractivity (Wildman–Crippen MR) is 60.8 cm³/mol. The van der Waals surface area contributed by atoms with E-state index in [9.17, 15) is 14.3 Å². The Morgan fingerprint density at radius 2 is 2.44 bits per heavy atom. The van der Waals surface area contributed by atoms with Gasteiger partial charge in [-0.25, -0.2) is 9.18 Å². The Labute approximate surface area is 104 Å². The average Bonchev–Trinajstić information content (AvgIpc) is 2.72. The maximum Gasteiger partial charge on any atom is 0.407 e. The van der Waals surface area contributed by atoms with E-state index in [1.165, 1.54) is 19.1 Å². The Morgan fingerprint density at radius 3 is 3.00 bits per heavy atom. The molecule has 0 aromatic heterocycles. The van der Waals surface area contributed by atoms with Crippen molar-refractivity contribution in [2.24, 2.45) is 0 Å². The third-order valence-corrected chi connectivity index (χ3v) is 2.61. The molecule has 1 amide bonds. The van der Waals surface area contributed by atoms with Crippen LogP contribution in [0.1, 0.15) is 18.6 Å². The number of rotatable bonds is 4. The Bertz CT molecular complexity index is 450. The number of benzene rings is 1. The van der Waals surface area contributed by atoms with Crippen LogP contribution >= 0.6 is 0 Å². The number of carbonyl (C=O) groups excluding carboxylic acids is 1. The molecule has 1 fully saturated rings. The number of nitrogens with one attached hydrogen (secondary N) is 1. The molecule has 0 radical (unpaired) electrons. The van der Waals surface area contributed by atoms with Gasteiger partial charge in [-0.3, -0.25) is 0 Å². The van der Waals surface area contributed by atoms with Crippen molar-refractivity contribution in [2.75, 3.05) is 13.2 Å². The molecule has 0 saturated carbocycles. The van der Waals surface area contributed by atoms with Crippen LogP contribution < -0.4 is 10.1 Å². The van der Waals surface area contributed by atoms with Gasteiger partial charge in [-0.05, 0) is 19.1 Å². The number of hydrogen-bond acceptors (Lipinski definition) is 4. The summed E-state index contributed by atoms with van der Waals surface area (Å²) >= 11 is 0. The van der Waals surface area contributed by atoms with Crippen molar-refractivity contribution in [1.29, 1.82) is 0 Å². The number of carbonyl (C=O) groups is 1. The van der Waals surface area contributed by atoms with Gasteiger partial charge < -0.3 is 19.9 Å². The molecule has 98 valence electrons. The van der Waals surface area contributed by atoms with E-state index in [0.29, 0.717) is 12.3 Å². The second-order valence-electron chi connectivity index (χ2n) is 4.08. The van der Waals surface area contributed by atoms with Crippen molar-refractivity contribution in [3.8, 4) is 5.75 Å². The third kappa shape index (κ3) is 2.89. The van der Waals surface area contributed by atoms with Gasteiger partial charge in [0.15, 0.2) is 6.10 Å². The molecule has 1 aromatic rings. The molecular weight excluding hydrogens is 241 g/mol. The second-order valence-corrected chi connectivity index (χ2v) is 4.08. The number of hydrogen-bond donors (Lipinski definition) is 2. The van der Waals surface area contributed by atoms with Gasteiger partial charge in [0.25, 0.3) is 0 Å². The van der Waals surface area contributed by atoms with Gasteiger partial charge in [-0.1, -0.05) is 0 Å². The summed E-state index contributed by atoms with van der Waals surface area (Å²) in [4.78, 5) is 10.8. The molecule has 6 heteroatoms. The maximum absolute atomic E-state index is 13.5. The minimum Gasteiger partial charge on any atom is -0.490 e. The van der Waals surface area contributed by atoms with E-state index in [0.717, 1.165) is 0 Å². The monoisotopic (exact) mass is 255 g/mol. The van der Waals surface area contributed by atoms with Crippen LogP contribution in [0.25, 0.3) is 0 Å². The van der Waals surface area contributed by atoms with Gasteiger partial charge in [-0.2, -0.15) is 0 Å². The molecule has 1 unspecified atom stereocenters. The van der Waals surface area contributed by atoms with E-state index < -0.39 is 18.0 Å². The number of halogens is 1. The largest absolute Gasteiger partial charge is 0.490 e. The zero-order chi connectivity index (χ0) is 13.1. The number of ether oxygens (including phenoxy) is 2. The van der Waals surface area contributed by atoms with Crippen molar-refractivity contribution < 1.29 is 23.8 Å². The highest BCUT2D eigenvalue weighted by atomic mass is 19.1. The fraction of sp³-hybridized carbons (Fsp3) is 0.417. The Hall–Kier alpha value is -1.82. The smallest absolute Gasteiger partial charge is 0.407 e. The van der Waals surface area contributed by atoms with Crippen LogP contribution in [-0.2, 0) is 4.74 Å². The fourth-order valence-electron chi connectivity index (χ4n) is 1.65. The zero-order valence-corrected chi connectivity index (χ0v) is 9.85. The molecule has 0 bridgehead atoms. The van der Waals surface area contributed by atoms with Gasteiger partial charge in [0.2, 0.25) is 0 Å². The normalized spacial score (nSPS) is 20.2. The lowest BCUT2D eigenvalue weighted by molar-refractivity contribution is 0.104. The molecule has 2 atom stereocenters. The van der Waals surface area contributed by atoms with Gasteiger partial charge in [-0.15, -0.1) is 0 Å². The number of amides is 1. The van der Waals surface area contributed by atoms with E-state index in [2.05, 4.69) is 5.32 Å². The molecule has 5 nitrogen and oxygen atoms in total. The van der Waals surface area contributed by atoms with Crippen LogP contribution in [0, 0.1) is 5.82 Å². The highest BCUT2D eigenvalue weighted by molar-refractivity contribution is 5.69. The molecule has 1 heterocycles. The van der Waals surface area contributed by atoms with Gasteiger partial charge in [0, 0.05) is 11.6 Å². The van der Waals surface area contributed by atoms with Crippen molar-refractivity contribution in [1.82, 2.24) is 5.32 Å². The number of alkyl carbamates (subject to hydrolysis) is 1. The summed E-state index contributed by atoms with van der Waals surface area (Å²) in [5.41, 5.74) is 0.219. The van der Waals surface area contributed by atoms with Crippen molar-refractivity contribution in [3.63, 3.8) is 0 Å². The minimum atomic E-state index is -0.862. The second kappa shape index (κ2) is 5.22. The van der Waals surface area contributed by atoms with Crippen molar-refractivity contribution in [2.45, 2.75) is 19.1 Å². The van der Waals surface area contributed by atoms with E-state index in [1.54, 1.807) is 6.07 Å². The number of cyclic esters (lactones) is 1. The fourth-order valence-corrected chi connectivity index (χ4v) is 1.65. The zero-order valence-electron chi connectivity index (χ0n) is 9.85. The average molecular weight is 255 g/mol. The first-order valence-electron chi connectivity index (χ1n) is 5.61. The number of aliphatic hydroxyl groups is 1. The first-order valence-corrected chi connectivity index (χ1v) is 5.61. The molecule has 0 aliphatic carbocycles. The summed E-state index contributed by atoms with van der Waals surface area (Å²) in [7, 11) is 0. The van der Waals surface area contributed by atoms with E-state index in [1.807, 2.05) is 0 Å². The summed E-state index contributed by atoms with van der Waals surface area (Å²) in [6.07, 6.45) is -1.70. The molecule has 18 heavy (non-hydrogen) atoms. The molecule has 2 rings (SSSR count). The van der Waals surface area contributed by atoms with Crippen LogP contribution in [0.3, 0.4) is 0 Å². The van der Waals surface area contributed by atoms with E-state index in [4.69, 9.17) is 9.47 Å². The lowest BCUT2D eigenvalue weighted by atomic mass is 10.1. The summed E-state index contributed by atoms with van der Waals surface area (Å²) in [6, 6.07) is 4.23. The van der Waals surface area contributed by atoms with Gasteiger partial charge in [0.1, 0.15) is 18.2 Å². The van der Waals surface area contributed by atoms with Crippen LogP contribution in [-0.4, -0.2) is 30.5 Å². The summed E-state index contributed by atoms with van der Waals surface area (Å²) in [6.45, 7) is 2.03. The summed E-state index contributed by atoms with van der Waals surface area (Å²) in [5, 5.41) is 11.8. The lowest BCUT2D eigenvalue weighted by Gasteiger charge is -2.12. The quantitative estimate of drug-likeness (QED) is 0.852. The summed E-state index contributed by atoms with van der Waals surface area (Å²) < 4.78 is 23.7. The molecular formula is C12H14FNO4. The number of aliphatic hydroxyl groups excluding tert-OH is 1. The van der Waals surface area contributed by atoms with Crippen LogP contribution in [0.2, 0.25) is 0 Å². The van der Waals surface area contributed by atoms with Gasteiger partial charge in [0.05, 0.1) is 12.6 Å². The minimum absolute atomic E-state index is 0.159. The van der Waals surface area contributed by atoms with Crippen molar-refractivity contribution in [3.05, 3.63) is 29.6 Å². The molecule has 1 aromatic carbocycles. The molecule has 1 aliphatic rings. The Balaban J connectivity index is 1.94. The standard InChI is InChI=1S/C12H14FNO4/c1-7(15)10-3-2-8(4-11(10)13)17-6-9-5-14-12(16)18-9/h2-4,7,9,15H,5-6H2,1H3,(H,14,16)/t7-,9?/m0/s1. The summed E-state index contributed by atoms with van der Waals surface area (Å²) in [5.74, 6) is -0.191. The SMILES string of the molecule is C[C@H](O)c1ccc(OCC2CNC(=O)O2)cc1F. The molecule has 0 spiro atoms. The topological polar surface area (TPSA) is 67.8 Å². The van der Waals surface area contributed by atoms with Crippen LogP contribution in [0.15, 0.2) is 18.2 Å².